The van der Waals surface area contributed by atoms with Gasteiger partial charge in [0.1, 0.15) is 11.5 Å². The monoisotopic (exact) mass is 361 g/mol. The van der Waals surface area contributed by atoms with Crippen molar-refractivity contribution in [1.82, 2.24) is 20.1 Å². The summed E-state index contributed by atoms with van der Waals surface area (Å²) in [6.07, 6.45) is 2.27. The number of hydrogen-bond donors (Lipinski definition) is 1. The summed E-state index contributed by atoms with van der Waals surface area (Å²) in [7, 11) is 2.11. The van der Waals surface area contributed by atoms with Gasteiger partial charge in [0.2, 0.25) is 5.95 Å². The summed E-state index contributed by atoms with van der Waals surface area (Å²) in [5, 5.41) is 18.2. The number of nitrogens with zero attached hydrogens (tertiary/aromatic N) is 5. The van der Waals surface area contributed by atoms with Crippen molar-refractivity contribution < 1.29 is 13.9 Å². The molecule has 3 heterocycles. The minimum Gasteiger partial charge on any atom is -0.504 e. The van der Waals surface area contributed by atoms with Gasteiger partial charge in [0.15, 0.2) is 11.6 Å². The summed E-state index contributed by atoms with van der Waals surface area (Å²) in [5.74, 6) is -1.29. The maximum atomic E-state index is 13.6. The summed E-state index contributed by atoms with van der Waals surface area (Å²) in [6.45, 7) is 4.65. The second-order valence-electron chi connectivity index (χ2n) is 7.19. The molecule has 0 aliphatic carbocycles. The fraction of sp³-hybridized carbons (Fsp3) is 0.500. The molecule has 2 saturated heterocycles. The van der Waals surface area contributed by atoms with Gasteiger partial charge in [0.25, 0.3) is 0 Å². The number of anilines is 1. The zero-order chi connectivity index (χ0) is 18.4. The van der Waals surface area contributed by atoms with Crippen LogP contribution in [0.25, 0.3) is 11.3 Å². The summed E-state index contributed by atoms with van der Waals surface area (Å²) in [4.78, 5) is 9.01. The average Bonchev–Trinajstić information content (AvgIpc) is 3.01. The van der Waals surface area contributed by atoms with Crippen molar-refractivity contribution >= 4 is 5.95 Å². The Labute approximate surface area is 150 Å². The molecule has 2 aromatic rings. The van der Waals surface area contributed by atoms with E-state index in [4.69, 9.17) is 0 Å². The van der Waals surface area contributed by atoms with E-state index >= 15 is 0 Å². The molecular weight excluding hydrogens is 340 g/mol. The lowest BCUT2D eigenvalue weighted by Crippen LogP contribution is -2.47. The average molecular weight is 361 g/mol. The number of benzene rings is 1. The third kappa shape index (κ3) is 2.88. The molecule has 1 aromatic carbocycles. The standard InChI is InChI=1S/C18H21F2N5O/c1-10-16(13-7-12(19)8-14(20)17(13)26)22-23-18(21-10)25-6-4-11-3-5-24(2)9-15(11)25/h7-8,11,15,26H,3-6,9H2,1-2H3/t11-,15-/m0/s1. The lowest BCUT2D eigenvalue weighted by molar-refractivity contribution is 0.207. The van der Waals surface area contributed by atoms with E-state index in [2.05, 4.69) is 32.0 Å². The van der Waals surface area contributed by atoms with Crippen LogP contribution in [0.3, 0.4) is 0 Å². The van der Waals surface area contributed by atoms with Gasteiger partial charge in [-0.15, -0.1) is 10.2 Å². The number of fused-ring (bicyclic) bond motifs is 1. The highest BCUT2D eigenvalue weighted by Gasteiger charge is 2.39. The minimum absolute atomic E-state index is 0.0387. The van der Waals surface area contributed by atoms with E-state index in [1.807, 2.05) is 0 Å². The highest BCUT2D eigenvalue weighted by Crippen LogP contribution is 2.35. The molecule has 138 valence electrons. The van der Waals surface area contributed by atoms with Gasteiger partial charge in [-0.05, 0) is 45.3 Å². The molecule has 4 rings (SSSR count). The number of aromatic hydroxyl groups is 1. The van der Waals surface area contributed by atoms with Crippen molar-refractivity contribution in [3.05, 3.63) is 29.5 Å². The third-order valence-corrected chi connectivity index (χ3v) is 5.46. The van der Waals surface area contributed by atoms with Gasteiger partial charge in [-0.25, -0.2) is 13.8 Å². The number of rotatable bonds is 2. The number of likely N-dealkylation sites (tertiary alicyclic amines) is 1. The molecule has 6 nitrogen and oxygen atoms in total. The Bertz CT molecular complexity index is 847. The number of piperidine rings is 1. The molecule has 2 atom stereocenters. The lowest BCUT2D eigenvalue weighted by atomic mass is 9.92. The Morgan fingerprint density at radius 1 is 1.15 bits per heavy atom. The molecular formula is C18H21F2N5O. The van der Waals surface area contributed by atoms with Crippen LogP contribution in [-0.2, 0) is 0 Å². The van der Waals surface area contributed by atoms with Crippen LogP contribution >= 0.6 is 0 Å². The van der Waals surface area contributed by atoms with Gasteiger partial charge < -0.3 is 14.9 Å². The van der Waals surface area contributed by atoms with Crippen LogP contribution in [0.1, 0.15) is 18.5 Å². The Hall–Kier alpha value is -2.35. The highest BCUT2D eigenvalue weighted by molar-refractivity contribution is 5.68. The lowest BCUT2D eigenvalue weighted by Gasteiger charge is -2.36. The number of likely N-dealkylation sites (N-methyl/N-ethyl adjacent to an activating group) is 1. The van der Waals surface area contributed by atoms with Crippen LogP contribution < -0.4 is 4.90 Å². The van der Waals surface area contributed by atoms with Crippen LogP contribution in [0.4, 0.5) is 14.7 Å². The van der Waals surface area contributed by atoms with Crippen LogP contribution in [0.2, 0.25) is 0 Å². The quantitative estimate of drug-likeness (QED) is 0.886. The van der Waals surface area contributed by atoms with Crippen molar-refractivity contribution in [3.63, 3.8) is 0 Å². The molecule has 2 aliphatic heterocycles. The second kappa shape index (κ2) is 6.42. The van der Waals surface area contributed by atoms with E-state index in [0.29, 0.717) is 29.7 Å². The number of hydrogen-bond acceptors (Lipinski definition) is 6. The van der Waals surface area contributed by atoms with Crippen molar-refractivity contribution in [2.45, 2.75) is 25.8 Å². The predicted octanol–water partition coefficient (Wildman–Crippen LogP) is 2.36. The van der Waals surface area contributed by atoms with E-state index in [1.165, 1.54) is 6.42 Å². The van der Waals surface area contributed by atoms with Crippen LogP contribution in [0.5, 0.6) is 5.75 Å². The van der Waals surface area contributed by atoms with E-state index in [0.717, 1.165) is 32.1 Å². The maximum Gasteiger partial charge on any atom is 0.245 e. The number of aromatic nitrogens is 3. The van der Waals surface area contributed by atoms with E-state index in [1.54, 1.807) is 6.92 Å². The topological polar surface area (TPSA) is 65.4 Å². The predicted molar refractivity (Wildman–Crippen MR) is 92.9 cm³/mol. The molecule has 0 unspecified atom stereocenters. The van der Waals surface area contributed by atoms with Crippen molar-refractivity contribution in [1.29, 1.82) is 0 Å². The molecule has 0 saturated carbocycles. The Kier molecular flexibility index (Phi) is 4.22. The van der Waals surface area contributed by atoms with E-state index in [-0.39, 0.29) is 11.3 Å². The van der Waals surface area contributed by atoms with Gasteiger partial charge in [-0.1, -0.05) is 0 Å². The zero-order valence-electron chi connectivity index (χ0n) is 14.8. The van der Waals surface area contributed by atoms with Crippen LogP contribution in [0, 0.1) is 24.5 Å². The number of phenolic OH excluding ortho intramolecular Hbond substituents is 1. The highest BCUT2D eigenvalue weighted by atomic mass is 19.1. The minimum atomic E-state index is -1.03. The zero-order valence-corrected chi connectivity index (χ0v) is 14.8. The molecule has 2 aliphatic rings. The number of aryl methyl sites for hydroxylation is 1. The Morgan fingerprint density at radius 3 is 2.69 bits per heavy atom. The first kappa shape index (κ1) is 17.1. The fourth-order valence-electron chi connectivity index (χ4n) is 4.06. The molecule has 0 radical (unpaired) electrons. The maximum absolute atomic E-state index is 13.6. The molecule has 0 amide bonds. The Morgan fingerprint density at radius 2 is 1.92 bits per heavy atom. The first-order chi connectivity index (χ1) is 12.4. The first-order valence-corrected chi connectivity index (χ1v) is 8.79. The number of phenols is 1. The summed E-state index contributed by atoms with van der Waals surface area (Å²) < 4.78 is 27.2. The van der Waals surface area contributed by atoms with Crippen molar-refractivity contribution in [2.24, 2.45) is 5.92 Å². The van der Waals surface area contributed by atoms with Crippen LogP contribution in [-0.4, -0.2) is 57.9 Å². The molecule has 2 fully saturated rings. The van der Waals surface area contributed by atoms with Crippen LogP contribution in [0.15, 0.2) is 12.1 Å². The normalized spacial score (nSPS) is 23.3. The van der Waals surface area contributed by atoms with Crippen molar-refractivity contribution in [2.75, 3.05) is 31.6 Å². The molecule has 0 spiro atoms. The summed E-state index contributed by atoms with van der Waals surface area (Å²) in [6, 6.07) is 2.03. The SMILES string of the molecule is Cc1nc(N2CC[C@@H]3CCN(C)C[C@@H]32)nnc1-c1cc(F)cc(F)c1O. The number of halogens is 2. The van der Waals surface area contributed by atoms with E-state index in [9.17, 15) is 13.9 Å². The van der Waals surface area contributed by atoms with Gasteiger partial charge in [-0.2, -0.15) is 0 Å². The summed E-state index contributed by atoms with van der Waals surface area (Å²) >= 11 is 0. The molecule has 0 bridgehead atoms. The van der Waals surface area contributed by atoms with Gasteiger partial charge in [0, 0.05) is 25.2 Å². The van der Waals surface area contributed by atoms with Gasteiger partial charge in [-0.3, -0.25) is 0 Å². The molecule has 26 heavy (non-hydrogen) atoms. The largest absolute Gasteiger partial charge is 0.504 e. The fourth-order valence-corrected chi connectivity index (χ4v) is 4.06. The van der Waals surface area contributed by atoms with Gasteiger partial charge >= 0.3 is 0 Å². The first-order valence-electron chi connectivity index (χ1n) is 8.79. The van der Waals surface area contributed by atoms with E-state index < -0.39 is 17.4 Å². The third-order valence-electron chi connectivity index (χ3n) is 5.46. The smallest absolute Gasteiger partial charge is 0.245 e. The molecule has 1 N–H and O–H groups in total. The Balaban J connectivity index is 1.67. The molecule has 1 aromatic heterocycles. The van der Waals surface area contributed by atoms with Gasteiger partial charge in [0.05, 0.1) is 11.3 Å². The van der Waals surface area contributed by atoms with Crippen molar-refractivity contribution in [3.8, 4) is 17.0 Å². The summed E-state index contributed by atoms with van der Waals surface area (Å²) in [5.41, 5.74) is 0.618. The second-order valence-corrected chi connectivity index (χ2v) is 7.19. The molecule has 8 heteroatoms.